The van der Waals surface area contributed by atoms with Crippen molar-refractivity contribution >= 4 is 29.2 Å². The monoisotopic (exact) mass is 351 g/mol. The van der Waals surface area contributed by atoms with Crippen LogP contribution in [0.5, 0.6) is 0 Å². The van der Waals surface area contributed by atoms with E-state index in [0.29, 0.717) is 22.5 Å². The van der Waals surface area contributed by atoms with Crippen LogP contribution in [0.1, 0.15) is 22.8 Å². The minimum atomic E-state index is -0.473. The SMILES string of the molecule is COC(=O)c1ccc(NC(=O)CN(C(C)=O)c2ccccc2C#N)cc1. The zero-order valence-corrected chi connectivity index (χ0v) is 14.4. The average Bonchev–Trinajstić information content (AvgIpc) is 2.65. The van der Waals surface area contributed by atoms with Crippen molar-refractivity contribution in [2.24, 2.45) is 0 Å². The first-order valence-corrected chi connectivity index (χ1v) is 7.71. The fourth-order valence-electron chi connectivity index (χ4n) is 2.32. The molecule has 0 unspecified atom stereocenters. The lowest BCUT2D eigenvalue weighted by Crippen LogP contribution is -2.37. The summed E-state index contributed by atoms with van der Waals surface area (Å²) in [6.45, 7) is 1.08. The summed E-state index contributed by atoms with van der Waals surface area (Å²) >= 11 is 0. The lowest BCUT2D eigenvalue weighted by molar-refractivity contribution is -0.120. The molecule has 0 saturated carbocycles. The van der Waals surface area contributed by atoms with Gasteiger partial charge in [-0.15, -0.1) is 0 Å². The smallest absolute Gasteiger partial charge is 0.337 e. The summed E-state index contributed by atoms with van der Waals surface area (Å²) in [5, 5.41) is 11.8. The summed E-state index contributed by atoms with van der Waals surface area (Å²) in [5.41, 5.74) is 1.51. The Balaban J connectivity index is 2.12. The number of benzene rings is 2. The second-order valence-corrected chi connectivity index (χ2v) is 5.35. The van der Waals surface area contributed by atoms with E-state index in [1.54, 1.807) is 36.4 Å². The van der Waals surface area contributed by atoms with Gasteiger partial charge in [0, 0.05) is 12.6 Å². The molecule has 0 aliphatic carbocycles. The molecule has 0 fully saturated rings. The summed E-state index contributed by atoms with van der Waals surface area (Å²) in [7, 11) is 1.29. The first-order chi connectivity index (χ1) is 12.5. The molecule has 0 spiro atoms. The molecular weight excluding hydrogens is 334 g/mol. The van der Waals surface area contributed by atoms with Gasteiger partial charge in [0.05, 0.1) is 23.9 Å². The highest BCUT2D eigenvalue weighted by atomic mass is 16.5. The molecule has 0 atom stereocenters. The molecule has 2 amide bonds. The molecule has 1 N–H and O–H groups in total. The van der Waals surface area contributed by atoms with Gasteiger partial charge in [0.15, 0.2) is 0 Å². The van der Waals surface area contributed by atoms with Crippen molar-refractivity contribution in [3.63, 3.8) is 0 Å². The van der Waals surface area contributed by atoms with E-state index < -0.39 is 11.9 Å². The Bertz CT molecular complexity index is 869. The minimum absolute atomic E-state index is 0.243. The van der Waals surface area contributed by atoms with Gasteiger partial charge in [-0.3, -0.25) is 9.59 Å². The van der Waals surface area contributed by atoms with Crippen molar-refractivity contribution in [3.05, 3.63) is 59.7 Å². The number of hydrogen-bond donors (Lipinski definition) is 1. The Morgan fingerprint density at radius 2 is 1.77 bits per heavy atom. The third-order valence-electron chi connectivity index (χ3n) is 3.59. The first kappa shape index (κ1) is 18.7. The number of para-hydroxylation sites is 1. The number of nitriles is 1. The van der Waals surface area contributed by atoms with Gasteiger partial charge in [0.2, 0.25) is 11.8 Å². The van der Waals surface area contributed by atoms with Gasteiger partial charge in [0.1, 0.15) is 12.6 Å². The van der Waals surface area contributed by atoms with Crippen LogP contribution >= 0.6 is 0 Å². The molecular formula is C19H17N3O4. The number of nitrogens with zero attached hydrogens (tertiary/aromatic N) is 2. The van der Waals surface area contributed by atoms with Gasteiger partial charge in [-0.1, -0.05) is 12.1 Å². The van der Waals surface area contributed by atoms with E-state index in [1.807, 2.05) is 6.07 Å². The number of carbonyl (C=O) groups excluding carboxylic acids is 3. The van der Waals surface area contributed by atoms with Crippen molar-refractivity contribution in [2.75, 3.05) is 23.9 Å². The van der Waals surface area contributed by atoms with Gasteiger partial charge in [0.25, 0.3) is 0 Å². The van der Waals surface area contributed by atoms with E-state index in [2.05, 4.69) is 10.1 Å². The molecule has 0 aliphatic rings. The number of anilines is 2. The van der Waals surface area contributed by atoms with Crippen LogP contribution < -0.4 is 10.2 Å². The Kier molecular flexibility index (Phi) is 6.06. The van der Waals surface area contributed by atoms with Gasteiger partial charge >= 0.3 is 5.97 Å². The Morgan fingerprint density at radius 1 is 1.12 bits per heavy atom. The Labute approximate surface area is 150 Å². The molecule has 7 heteroatoms. The molecule has 0 radical (unpaired) electrons. The molecule has 2 rings (SSSR count). The van der Waals surface area contributed by atoms with Crippen molar-refractivity contribution in [2.45, 2.75) is 6.92 Å². The summed E-state index contributed by atoms with van der Waals surface area (Å²) in [6, 6.07) is 14.7. The van der Waals surface area contributed by atoms with Crippen LogP contribution in [0.15, 0.2) is 48.5 Å². The summed E-state index contributed by atoms with van der Waals surface area (Å²) in [6.07, 6.45) is 0. The summed E-state index contributed by atoms with van der Waals surface area (Å²) in [4.78, 5) is 36.9. The third-order valence-corrected chi connectivity index (χ3v) is 3.59. The van der Waals surface area contributed by atoms with Crippen molar-refractivity contribution in [1.29, 1.82) is 5.26 Å². The topological polar surface area (TPSA) is 99.5 Å². The average molecular weight is 351 g/mol. The first-order valence-electron chi connectivity index (χ1n) is 7.71. The minimum Gasteiger partial charge on any atom is -0.465 e. The number of ether oxygens (including phenoxy) is 1. The van der Waals surface area contributed by atoms with E-state index in [-0.39, 0.29) is 12.5 Å². The molecule has 2 aromatic rings. The van der Waals surface area contributed by atoms with E-state index in [0.717, 1.165) is 0 Å². The number of esters is 1. The number of hydrogen-bond acceptors (Lipinski definition) is 5. The summed E-state index contributed by atoms with van der Waals surface area (Å²) < 4.78 is 4.61. The molecule has 0 aliphatic heterocycles. The van der Waals surface area contributed by atoms with Gasteiger partial charge < -0.3 is 15.0 Å². The normalized spacial score (nSPS) is 9.73. The molecule has 7 nitrogen and oxygen atoms in total. The number of amides is 2. The zero-order chi connectivity index (χ0) is 19.1. The number of rotatable bonds is 5. The summed E-state index contributed by atoms with van der Waals surface area (Å²) in [5.74, 6) is -1.26. The van der Waals surface area contributed by atoms with Crippen LogP contribution in [0, 0.1) is 11.3 Å². The number of methoxy groups -OCH3 is 1. The maximum absolute atomic E-state index is 12.3. The van der Waals surface area contributed by atoms with E-state index >= 15 is 0 Å². The highest BCUT2D eigenvalue weighted by Gasteiger charge is 2.18. The van der Waals surface area contributed by atoms with Crippen LogP contribution in [0.2, 0.25) is 0 Å². The van der Waals surface area contributed by atoms with Crippen molar-refractivity contribution in [1.82, 2.24) is 0 Å². The predicted octanol–water partition coefficient (Wildman–Crippen LogP) is 2.34. The largest absolute Gasteiger partial charge is 0.465 e. The second-order valence-electron chi connectivity index (χ2n) is 5.35. The number of nitrogens with one attached hydrogen (secondary N) is 1. The van der Waals surface area contributed by atoms with E-state index in [9.17, 15) is 19.6 Å². The third kappa shape index (κ3) is 4.45. The molecule has 0 bridgehead atoms. The Hall–Kier alpha value is -3.66. The van der Waals surface area contributed by atoms with Crippen molar-refractivity contribution < 1.29 is 19.1 Å². The standard InChI is InChI=1S/C19H17N3O4/c1-13(23)22(17-6-4-3-5-15(17)11-20)12-18(24)21-16-9-7-14(8-10-16)19(25)26-2/h3-10H,12H2,1-2H3,(H,21,24). The molecule has 0 saturated heterocycles. The maximum Gasteiger partial charge on any atom is 0.337 e. The lowest BCUT2D eigenvalue weighted by Gasteiger charge is -2.21. The van der Waals surface area contributed by atoms with Crippen LogP contribution in [0.25, 0.3) is 0 Å². The molecule has 2 aromatic carbocycles. The van der Waals surface area contributed by atoms with Crippen LogP contribution in [0.4, 0.5) is 11.4 Å². The Morgan fingerprint density at radius 3 is 2.35 bits per heavy atom. The van der Waals surface area contributed by atoms with E-state index in [4.69, 9.17) is 0 Å². The van der Waals surface area contributed by atoms with Crippen LogP contribution in [0.3, 0.4) is 0 Å². The maximum atomic E-state index is 12.3. The van der Waals surface area contributed by atoms with Gasteiger partial charge in [-0.05, 0) is 36.4 Å². The van der Waals surface area contributed by atoms with Crippen LogP contribution in [-0.2, 0) is 14.3 Å². The van der Waals surface area contributed by atoms with Gasteiger partial charge in [-0.25, -0.2) is 4.79 Å². The predicted molar refractivity (Wildman–Crippen MR) is 95.6 cm³/mol. The zero-order valence-electron chi connectivity index (χ0n) is 14.4. The molecule has 0 aromatic heterocycles. The van der Waals surface area contributed by atoms with Gasteiger partial charge in [-0.2, -0.15) is 5.26 Å². The lowest BCUT2D eigenvalue weighted by atomic mass is 10.1. The molecule has 0 heterocycles. The highest BCUT2D eigenvalue weighted by Crippen LogP contribution is 2.20. The van der Waals surface area contributed by atoms with Crippen LogP contribution in [-0.4, -0.2) is 31.4 Å². The fraction of sp³-hybridized carbons (Fsp3) is 0.158. The fourth-order valence-corrected chi connectivity index (χ4v) is 2.32. The van der Waals surface area contributed by atoms with Crippen molar-refractivity contribution in [3.8, 4) is 6.07 Å². The second kappa shape index (κ2) is 8.44. The number of carbonyl (C=O) groups is 3. The highest BCUT2D eigenvalue weighted by molar-refractivity contribution is 6.02. The quantitative estimate of drug-likeness (QED) is 0.834. The van der Waals surface area contributed by atoms with E-state index in [1.165, 1.54) is 31.1 Å². The molecule has 132 valence electrons. The molecule has 26 heavy (non-hydrogen) atoms.